The highest BCUT2D eigenvalue weighted by Crippen LogP contribution is 2.30. The van der Waals surface area contributed by atoms with Crippen LogP contribution in [0, 0.1) is 5.92 Å². The Morgan fingerprint density at radius 1 is 1.11 bits per heavy atom. The molecule has 140 valence electrons. The molecule has 1 aromatic rings. The van der Waals surface area contributed by atoms with Crippen LogP contribution < -0.4 is 10.6 Å². The molecule has 2 heterocycles. The predicted molar refractivity (Wildman–Crippen MR) is 92.6 cm³/mol. The highest BCUT2D eigenvalue weighted by molar-refractivity contribution is 6.24. The van der Waals surface area contributed by atoms with E-state index in [0.29, 0.717) is 18.5 Å². The number of nitrogens with one attached hydrogen (secondary N) is 2. The summed E-state index contributed by atoms with van der Waals surface area (Å²) in [6.45, 7) is 0.381. The Kier molecular flexibility index (Phi) is 4.25. The second-order valence-electron chi connectivity index (χ2n) is 7.10. The van der Waals surface area contributed by atoms with E-state index in [4.69, 9.17) is 0 Å². The lowest BCUT2D eigenvalue weighted by Crippen LogP contribution is -2.54. The molecule has 27 heavy (non-hydrogen) atoms. The molecule has 2 N–H and O–H groups in total. The zero-order valence-electron chi connectivity index (χ0n) is 14.6. The number of piperidine rings is 1. The van der Waals surface area contributed by atoms with Crippen molar-refractivity contribution >= 4 is 29.5 Å². The summed E-state index contributed by atoms with van der Waals surface area (Å²) in [5, 5.41) is 5.03. The van der Waals surface area contributed by atoms with Crippen molar-refractivity contribution in [2.75, 3.05) is 6.54 Å². The second-order valence-corrected chi connectivity index (χ2v) is 7.10. The van der Waals surface area contributed by atoms with E-state index in [1.807, 2.05) is 0 Å². The molecule has 8 heteroatoms. The van der Waals surface area contributed by atoms with E-state index in [1.165, 1.54) is 0 Å². The Labute approximate surface area is 155 Å². The molecule has 0 bridgehead atoms. The molecule has 1 unspecified atom stereocenters. The average molecular weight is 369 g/mol. The van der Waals surface area contributed by atoms with E-state index in [1.54, 1.807) is 18.2 Å². The largest absolute Gasteiger partial charge is 0.356 e. The number of amides is 5. The minimum Gasteiger partial charge on any atom is -0.356 e. The summed E-state index contributed by atoms with van der Waals surface area (Å²) in [6, 6.07) is 4.03. The summed E-state index contributed by atoms with van der Waals surface area (Å²) in [5.41, 5.74) is 1.21. The first-order valence-electron chi connectivity index (χ1n) is 9.08. The van der Waals surface area contributed by atoms with Gasteiger partial charge in [-0.1, -0.05) is 12.1 Å². The van der Waals surface area contributed by atoms with E-state index in [0.717, 1.165) is 17.7 Å². The molecule has 5 amide bonds. The zero-order chi connectivity index (χ0) is 19.1. The molecule has 1 saturated heterocycles. The third kappa shape index (κ3) is 3.11. The number of imide groups is 2. The number of rotatable bonds is 5. The van der Waals surface area contributed by atoms with Gasteiger partial charge >= 0.3 is 0 Å². The van der Waals surface area contributed by atoms with Crippen molar-refractivity contribution in [3.8, 4) is 0 Å². The first kappa shape index (κ1) is 17.4. The summed E-state index contributed by atoms with van der Waals surface area (Å²) >= 11 is 0. The van der Waals surface area contributed by atoms with Crippen LogP contribution in [0.1, 0.15) is 52.0 Å². The van der Waals surface area contributed by atoms with Gasteiger partial charge in [-0.3, -0.25) is 34.2 Å². The van der Waals surface area contributed by atoms with Gasteiger partial charge in [0, 0.05) is 18.9 Å². The lowest BCUT2D eigenvalue weighted by atomic mass is 10.0. The normalized spacial score (nSPS) is 21.9. The van der Waals surface area contributed by atoms with Crippen LogP contribution in [0.25, 0.3) is 0 Å². The number of hydrogen-bond donors (Lipinski definition) is 2. The van der Waals surface area contributed by atoms with Crippen LogP contribution in [0.3, 0.4) is 0 Å². The zero-order valence-corrected chi connectivity index (χ0v) is 14.6. The van der Waals surface area contributed by atoms with Gasteiger partial charge in [-0.2, -0.15) is 0 Å². The third-order valence-electron chi connectivity index (χ3n) is 5.20. The predicted octanol–water partition coefficient (Wildman–Crippen LogP) is 0.157. The summed E-state index contributed by atoms with van der Waals surface area (Å²) in [7, 11) is 0. The Morgan fingerprint density at radius 2 is 1.89 bits per heavy atom. The van der Waals surface area contributed by atoms with E-state index in [9.17, 15) is 24.0 Å². The monoisotopic (exact) mass is 369 g/mol. The van der Waals surface area contributed by atoms with Gasteiger partial charge in [0.2, 0.25) is 17.7 Å². The van der Waals surface area contributed by atoms with Crippen LogP contribution in [-0.4, -0.2) is 47.0 Å². The van der Waals surface area contributed by atoms with E-state index >= 15 is 0 Å². The molecule has 0 spiro atoms. The van der Waals surface area contributed by atoms with Crippen LogP contribution >= 0.6 is 0 Å². The van der Waals surface area contributed by atoms with Crippen LogP contribution in [0.2, 0.25) is 0 Å². The summed E-state index contributed by atoms with van der Waals surface area (Å²) in [4.78, 5) is 61.8. The maximum Gasteiger partial charge on any atom is 0.262 e. The molecule has 3 aliphatic rings. The van der Waals surface area contributed by atoms with Crippen molar-refractivity contribution in [2.45, 2.75) is 38.1 Å². The number of hydrogen-bond acceptors (Lipinski definition) is 5. The highest BCUT2D eigenvalue weighted by atomic mass is 16.2. The smallest absolute Gasteiger partial charge is 0.262 e. The molecule has 2 aliphatic heterocycles. The van der Waals surface area contributed by atoms with Gasteiger partial charge < -0.3 is 5.32 Å². The number of carbonyl (C=O) groups is 5. The molecule has 0 radical (unpaired) electrons. The van der Waals surface area contributed by atoms with Crippen molar-refractivity contribution in [3.05, 3.63) is 34.9 Å². The van der Waals surface area contributed by atoms with E-state index in [-0.39, 0.29) is 35.8 Å². The van der Waals surface area contributed by atoms with Gasteiger partial charge in [0.1, 0.15) is 6.04 Å². The molecule has 1 atom stereocenters. The van der Waals surface area contributed by atoms with Crippen LogP contribution in [0.15, 0.2) is 18.2 Å². The SMILES string of the molecule is O=C1CCC(N2C(=O)c3cccc(CCNC(=O)C4CC4)c3C2=O)C(=O)N1. The average Bonchev–Trinajstić information content (AvgIpc) is 3.45. The standard InChI is InChI=1S/C19H19N3O5/c23-14-7-6-13(17(25)21-14)22-18(26)12-3-1-2-10(15(12)19(22)27)8-9-20-16(24)11-4-5-11/h1-3,11,13H,4-9H2,(H,20,24)(H,21,23,25). The molecule has 1 aromatic carbocycles. The van der Waals surface area contributed by atoms with Gasteiger partial charge in [0.25, 0.3) is 11.8 Å². The molecular weight excluding hydrogens is 350 g/mol. The fourth-order valence-corrected chi connectivity index (χ4v) is 3.60. The van der Waals surface area contributed by atoms with Crippen molar-refractivity contribution in [2.24, 2.45) is 5.92 Å². The Hall–Kier alpha value is -3.03. The minimum atomic E-state index is -0.975. The minimum absolute atomic E-state index is 0.0233. The number of carbonyl (C=O) groups excluding carboxylic acids is 5. The quantitative estimate of drug-likeness (QED) is 0.718. The molecule has 1 aliphatic carbocycles. The molecule has 0 aromatic heterocycles. The fraction of sp³-hybridized carbons (Fsp3) is 0.421. The first-order valence-corrected chi connectivity index (χ1v) is 9.08. The van der Waals surface area contributed by atoms with Gasteiger partial charge in [-0.25, -0.2) is 0 Å². The summed E-state index contributed by atoms with van der Waals surface area (Å²) in [5.74, 6) is -1.94. The Bertz CT molecular complexity index is 874. The highest BCUT2D eigenvalue weighted by Gasteiger charge is 2.45. The Morgan fingerprint density at radius 3 is 2.59 bits per heavy atom. The topological polar surface area (TPSA) is 113 Å². The van der Waals surface area contributed by atoms with Gasteiger partial charge in [0.05, 0.1) is 11.1 Å². The van der Waals surface area contributed by atoms with E-state index < -0.39 is 29.7 Å². The Balaban J connectivity index is 1.53. The van der Waals surface area contributed by atoms with Gasteiger partial charge in [-0.05, 0) is 37.3 Å². The maximum atomic E-state index is 12.9. The summed E-state index contributed by atoms with van der Waals surface area (Å²) < 4.78 is 0. The van der Waals surface area contributed by atoms with Crippen LogP contribution in [-0.2, 0) is 20.8 Å². The number of nitrogens with zero attached hydrogens (tertiary/aromatic N) is 1. The molecule has 1 saturated carbocycles. The molecule has 2 fully saturated rings. The van der Waals surface area contributed by atoms with E-state index in [2.05, 4.69) is 10.6 Å². The first-order chi connectivity index (χ1) is 13.0. The maximum absolute atomic E-state index is 12.9. The fourth-order valence-electron chi connectivity index (χ4n) is 3.60. The van der Waals surface area contributed by atoms with Crippen molar-refractivity contribution < 1.29 is 24.0 Å². The van der Waals surface area contributed by atoms with Gasteiger partial charge in [-0.15, -0.1) is 0 Å². The van der Waals surface area contributed by atoms with Crippen molar-refractivity contribution in [1.82, 2.24) is 15.5 Å². The summed E-state index contributed by atoms with van der Waals surface area (Å²) in [6.07, 6.45) is 2.47. The molecule has 4 rings (SSSR count). The molecule has 8 nitrogen and oxygen atoms in total. The lowest BCUT2D eigenvalue weighted by Gasteiger charge is -2.27. The van der Waals surface area contributed by atoms with Gasteiger partial charge in [0.15, 0.2) is 0 Å². The van der Waals surface area contributed by atoms with Crippen molar-refractivity contribution in [1.29, 1.82) is 0 Å². The lowest BCUT2D eigenvalue weighted by molar-refractivity contribution is -0.136. The third-order valence-corrected chi connectivity index (χ3v) is 5.20. The number of benzene rings is 1. The van der Waals surface area contributed by atoms with Crippen LogP contribution in [0.5, 0.6) is 0 Å². The molecular formula is C19H19N3O5. The second kappa shape index (κ2) is 6.61. The number of fused-ring (bicyclic) bond motifs is 1. The van der Waals surface area contributed by atoms with Crippen LogP contribution in [0.4, 0.5) is 0 Å². The van der Waals surface area contributed by atoms with Crippen molar-refractivity contribution in [3.63, 3.8) is 0 Å².